The van der Waals surface area contributed by atoms with E-state index in [0.29, 0.717) is 17.4 Å². The smallest absolute Gasteiger partial charge is 0.249 e. The molecule has 0 spiro atoms. The molecule has 0 N–H and O–H groups in total. The highest BCUT2D eigenvalue weighted by Crippen LogP contribution is 2.60. The average Bonchev–Trinajstić information content (AvgIpc) is 3.42. The molecule has 2 saturated heterocycles. The van der Waals surface area contributed by atoms with Gasteiger partial charge in [-0.2, -0.15) is 0 Å². The lowest BCUT2D eigenvalue weighted by molar-refractivity contribution is -0.164. The fraction of sp³-hybridized carbons (Fsp3) is 0.308. The van der Waals surface area contributed by atoms with Gasteiger partial charge in [-0.15, -0.1) is 0 Å². The average molecular weight is 463 g/mol. The van der Waals surface area contributed by atoms with E-state index in [1.165, 1.54) is 0 Å². The first-order chi connectivity index (χ1) is 16.0. The molecule has 0 aliphatic carbocycles. The Labute approximate surface area is 196 Å². The number of amides is 2. The molecular weight excluding hydrogens is 440 g/mol. The second-order valence-electron chi connectivity index (χ2n) is 9.14. The Bertz CT molecular complexity index is 1230. The molecule has 4 heterocycles. The van der Waals surface area contributed by atoms with Crippen LogP contribution in [-0.2, 0) is 16.1 Å². The van der Waals surface area contributed by atoms with E-state index in [1.807, 2.05) is 60.4 Å². The minimum Gasteiger partial charge on any atom is -0.493 e. The third-order valence-corrected chi connectivity index (χ3v) is 7.58. The van der Waals surface area contributed by atoms with Gasteiger partial charge in [0.2, 0.25) is 11.8 Å². The molecule has 3 unspecified atom stereocenters. The molecule has 168 valence electrons. The van der Waals surface area contributed by atoms with Crippen molar-refractivity contribution < 1.29 is 18.7 Å². The van der Waals surface area contributed by atoms with Crippen LogP contribution < -0.4 is 4.74 Å². The quantitative estimate of drug-likeness (QED) is 0.578. The van der Waals surface area contributed by atoms with Crippen LogP contribution in [0.25, 0.3) is 0 Å². The molecule has 3 aromatic rings. The van der Waals surface area contributed by atoms with Crippen molar-refractivity contribution >= 4 is 23.4 Å². The summed E-state index contributed by atoms with van der Waals surface area (Å²) in [4.78, 5) is 31.3. The summed E-state index contributed by atoms with van der Waals surface area (Å²) in [5, 5.41) is 0.582. The van der Waals surface area contributed by atoms with E-state index in [-0.39, 0.29) is 42.8 Å². The normalized spacial score (nSPS) is 28.2. The van der Waals surface area contributed by atoms with Crippen LogP contribution in [0.1, 0.15) is 35.8 Å². The molecule has 2 fully saturated rings. The molecule has 0 radical (unpaired) electrons. The molecule has 2 aromatic carbocycles. The van der Waals surface area contributed by atoms with Crippen LogP contribution >= 0.6 is 11.6 Å². The second-order valence-corrected chi connectivity index (χ2v) is 9.58. The molecule has 1 aromatic heterocycles. The van der Waals surface area contributed by atoms with Gasteiger partial charge in [0.25, 0.3) is 0 Å². The zero-order valence-electron chi connectivity index (χ0n) is 18.1. The van der Waals surface area contributed by atoms with Gasteiger partial charge < -0.3 is 19.0 Å². The Morgan fingerprint density at radius 1 is 1.09 bits per heavy atom. The number of carbonyl (C=O) groups excluding carboxylic acids is 2. The van der Waals surface area contributed by atoms with E-state index in [0.717, 1.165) is 16.9 Å². The van der Waals surface area contributed by atoms with Gasteiger partial charge >= 0.3 is 0 Å². The molecule has 7 heteroatoms. The third kappa shape index (κ3) is 2.93. The van der Waals surface area contributed by atoms with Crippen molar-refractivity contribution in [1.82, 2.24) is 9.80 Å². The molecule has 3 aliphatic rings. The lowest BCUT2D eigenvalue weighted by Gasteiger charge is -2.47. The Hall–Kier alpha value is -3.25. The van der Waals surface area contributed by atoms with Crippen LogP contribution in [0, 0.1) is 5.92 Å². The van der Waals surface area contributed by atoms with Crippen molar-refractivity contribution in [2.24, 2.45) is 5.92 Å². The molecule has 0 saturated carbocycles. The van der Waals surface area contributed by atoms with Gasteiger partial charge in [-0.3, -0.25) is 9.59 Å². The molecular formula is C26H23ClN2O4. The fourth-order valence-corrected chi connectivity index (χ4v) is 6.27. The number of halogens is 1. The van der Waals surface area contributed by atoms with Crippen LogP contribution in [0.15, 0.2) is 71.3 Å². The molecule has 4 atom stereocenters. The summed E-state index contributed by atoms with van der Waals surface area (Å²) in [7, 11) is 0. The molecule has 2 amide bonds. The van der Waals surface area contributed by atoms with Crippen LogP contribution in [0.5, 0.6) is 5.75 Å². The first-order valence-electron chi connectivity index (χ1n) is 11.1. The van der Waals surface area contributed by atoms with Crippen molar-refractivity contribution in [3.63, 3.8) is 0 Å². The summed E-state index contributed by atoms with van der Waals surface area (Å²) < 4.78 is 11.6. The first kappa shape index (κ1) is 20.4. The van der Waals surface area contributed by atoms with Gasteiger partial charge in [-0.25, -0.2) is 0 Å². The summed E-state index contributed by atoms with van der Waals surface area (Å²) in [5.74, 6) is 0.900. The zero-order valence-corrected chi connectivity index (χ0v) is 18.9. The predicted octanol–water partition coefficient (Wildman–Crippen LogP) is 4.41. The first-order valence-corrected chi connectivity index (χ1v) is 11.5. The van der Waals surface area contributed by atoms with Crippen molar-refractivity contribution in [3.05, 3.63) is 88.8 Å². The largest absolute Gasteiger partial charge is 0.493 e. The van der Waals surface area contributed by atoms with Crippen LogP contribution in [0.2, 0.25) is 5.02 Å². The van der Waals surface area contributed by atoms with E-state index in [9.17, 15) is 9.59 Å². The fourth-order valence-electron chi connectivity index (χ4n) is 6.09. The van der Waals surface area contributed by atoms with Crippen LogP contribution in [0.3, 0.4) is 0 Å². The van der Waals surface area contributed by atoms with E-state index < -0.39 is 5.54 Å². The molecule has 0 bridgehead atoms. The topological polar surface area (TPSA) is 63.0 Å². The third-order valence-electron chi connectivity index (χ3n) is 7.34. The summed E-state index contributed by atoms with van der Waals surface area (Å²) in [6, 6.07) is 18.8. The maximum absolute atomic E-state index is 14.1. The van der Waals surface area contributed by atoms with E-state index >= 15 is 0 Å². The van der Waals surface area contributed by atoms with Gasteiger partial charge in [-0.05, 0) is 42.8 Å². The Kier molecular flexibility index (Phi) is 4.56. The number of carbonyl (C=O) groups is 2. The van der Waals surface area contributed by atoms with Crippen molar-refractivity contribution in [2.75, 3.05) is 13.2 Å². The molecule has 6 rings (SSSR count). The van der Waals surface area contributed by atoms with Gasteiger partial charge in [0.1, 0.15) is 23.6 Å². The van der Waals surface area contributed by atoms with E-state index in [2.05, 4.69) is 0 Å². The number of piperazine rings is 1. The lowest BCUT2D eigenvalue weighted by atomic mass is 9.73. The number of nitrogens with zero attached hydrogens (tertiary/aromatic N) is 2. The highest BCUT2D eigenvalue weighted by Gasteiger charge is 2.66. The molecule has 33 heavy (non-hydrogen) atoms. The predicted molar refractivity (Wildman–Crippen MR) is 122 cm³/mol. The number of furan rings is 1. The van der Waals surface area contributed by atoms with Gasteiger partial charge in [0, 0.05) is 22.4 Å². The van der Waals surface area contributed by atoms with Gasteiger partial charge in [0.05, 0.1) is 25.5 Å². The van der Waals surface area contributed by atoms with Crippen molar-refractivity contribution in [3.8, 4) is 5.75 Å². The maximum Gasteiger partial charge on any atom is 0.249 e. The van der Waals surface area contributed by atoms with Gasteiger partial charge in [-0.1, -0.05) is 41.9 Å². The van der Waals surface area contributed by atoms with Crippen molar-refractivity contribution in [1.29, 1.82) is 0 Å². The summed E-state index contributed by atoms with van der Waals surface area (Å²) in [6.07, 6.45) is 1.58. The number of rotatable bonds is 3. The Morgan fingerprint density at radius 3 is 2.67 bits per heavy atom. The zero-order chi connectivity index (χ0) is 22.7. The number of fused-ring (bicyclic) bond motifs is 5. The Morgan fingerprint density at radius 2 is 1.91 bits per heavy atom. The van der Waals surface area contributed by atoms with Crippen molar-refractivity contribution in [2.45, 2.75) is 31.0 Å². The highest BCUT2D eigenvalue weighted by atomic mass is 35.5. The summed E-state index contributed by atoms with van der Waals surface area (Å²) in [6.45, 7) is 2.60. The number of hydrogen-bond donors (Lipinski definition) is 0. The lowest BCUT2D eigenvalue weighted by Crippen LogP contribution is -2.65. The summed E-state index contributed by atoms with van der Waals surface area (Å²) in [5.41, 5.74) is 0.822. The minimum atomic E-state index is -1.06. The SMILES string of the molecule is C[C@@]12C(=O)N(Cc3ccco3)CC(=O)N1C1c3cc(Cl)ccc3OCC1C2c1ccccc1. The number of hydrogen-bond acceptors (Lipinski definition) is 4. The van der Waals surface area contributed by atoms with E-state index in [1.54, 1.807) is 23.3 Å². The van der Waals surface area contributed by atoms with Crippen LogP contribution in [-0.4, -0.2) is 40.3 Å². The molecule has 3 aliphatic heterocycles. The number of ether oxygens (including phenoxy) is 1. The minimum absolute atomic E-state index is 0.0105. The van der Waals surface area contributed by atoms with Crippen LogP contribution in [0.4, 0.5) is 0 Å². The highest BCUT2D eigenvalue weighted by molar-refractivity contribution is 6.30. The van der Waals surface area contributed by atoms with Gasteiger partial charge in [0.15, 0.2) is 0 Å². The molecule has 6 nitrogen and oxygen atoms in total. The standard InChI is InChI=1S/C26H23ClN2O4/c1-26-23(16-6-3-2-4-7-16)20-15-33-21-10-9-17(27)12-19(21)24(20)29(26)22(30)14-28(25(26)31)13-18-8-5-11-32-18/h2-12,20,23-24H,13-15H2,1H3/t20?,23?,24?,26-/m1/s1. The summed E-state index contributed by atoms with van der Waals surface area (Å²) >= 11 is 6.35. The monoisotopic (exact) mass is 462 g/mol. The van der Waals surface area contributed by atoms with E-state index in [4.69, 9.17) is 20.8 Å². The maximum atomic E-state index is 14.1. The number of benzene rings is 2. The second kappa shape index (κ2) is 7.39. The Balaban J connectivity index is 1.51.